The van der Waals surface area contributed by atoms with Crippen molar-refractivity contribution in [2.75, 3.05) is 65.6 Å². The van der Waals surface area contributed by atoms with E-state index in [0.29, 0.717) is 45.2 Å². The summed E-state index contributed by atoms with van der Waals surface area (Å²) in [5.41, 5.74) is 5.40. The molecule has 4 N–H and O–H groups in total. The fraction of sp³-hybridized carbons (Fsp3) is 0.833. The SMILES string of the molecule is [B]CC(=O)N(CCNC(=O)CN(CCOP(=O)([O-])OCCCCCCN)C(=O)C[B])CC(=O)NCCCCCCOP(=O)([O-])[O-]. The van der Waals surface area contributed by atoms with Gasteiger partial charge in [-0.25, -0.2) is 0 Å². The lowest BCUT2D eigenvalue weighted by atomic mass is 10.0. The highest BCUT2D eigenvalue weighted by Crippen LogP contribution is 2.38. The molecule has 0 aromatic heterocycles. The highest BCUT2D eigenvalue weighted by atomic mass is 31.2. The molecule has 21 heteroatoms. The number of amides is 4. The summed E-state index contributed by atoms with van der Waals surface area (Å²) in [4.78, 5) is 84.0. The first-order valence-corrected chi connectivity index (χ1v) is 17.6. The summed E-state index contributed by atoms with van der Waals surface area (Å²) in [7, 11) is 1.24. The van der Waals surface area contributed by atoms with Gasteiger partial charge in [-0.05, 0) is 44.9 Å². The van der Waals surface area contributed by atoms with Crippen LogP contribution in [0.15, 0.2) is 0 Å². The molecule has 0 aliphatic carbocycles. The zero-order chi connectivity index (χ0) is 34.1. The maximum absolute atomic E-state index is 12.4. The Kier molecular flexibility index (Phi) is 24.3. The van der Waals surface area contributed by atoms with Gasteiger partial charge in [0, 0.05) is 26.2 Å². The van der Waals surface area contributed by atoms with E-state index in [4.69, 9.17) is 30.5 Å². The molecule has 4 amide bonds. The molecule has 1 unspecified atom stereocenters. The van der Waals surface area contributed by atoms with Gasteiger partial charge >= 0.3 is 0 Å². The summed E-state index contributed by atoms with van der Waals surface area (Å²) in [6.07, 6.45) is 4.29. The number of hydrogen-bond donors (Lipinski definition) is 3. The minimum Gasteiger partial charge on any atom is -0.790 e. The van der Waals surface area contributed by atoms with Gasteiger partial charge in [0.2, 0.25) is 23.6 Å². The molecule has 0 fully saturated rings. The number of carbonyl (C=O) groups excluding carboxylic acids is 4. The smallest absolute Gasteiger partial charge is 0.267 e. The second kappa shape index (κ2) is 25.3. The highest BCUT2D eigenvalue weighted by Gasteiger charge is 2.19. The summed E-state index contributed by atoms with van der Waals surface area (Å²) in [6, 6.07) is 0. The van der Waals surface area contributed by atoms with Gasteiger partial charge in [-0.2, -0.15) is 0 Å². The second-order valence-corrected chi connectivity index (χ2v) is 12.3. The maximum Gasteiger partial charge on any atom is 0.267 e. The summed E-state index contributed by atoms with van der Waals surface area (Å²) >= 11 is 0. The van der Waals surface area contributed by atoms with Crippen molar-refractivity contribution >= 4 is 55.0 Å². The molecule has 0 saturated carbocycles. The summed E-state index contributed by atoms with van der Waals surface area (Å²) < 4.78 is 36.0. The Balaban J connectivity index is 4.51. The fourth-order valence-corrected chi connectivity index (χ4v) is 4.78. The Hall–Kier alpha value is -1.81. The monoisotopic (exact) mass is 678 g/mol. The number of hydrogen-bond acceptors (Lipinski definition) is 13. The van der Waals surface area contributed by atoms with Crippen LogP contribution < -0.4 is 31.0 Å². The Bertz CT molecular complexity index is 979. The molecule has 45 heavy (non-hydrogen) atoms. The lowest BCUT2D eigenvalue weighted by Gasteiger charge is -2.28. The molecule has 0 saturated heterocycles. The van der Waals surface area contributed by atoms with Gasteiger partial charge in [0.15, 0.2) is 0 Å². The zero-order valence-corrected chi connectivity index (χ0v) is 27.4. The molecule has 256 valence electrons. The van der Waals surface area contributed by atoms with Crippen LogP contribution in [0.3, 0.4) is 0 Å². The normalized spacial score (nSPS) is 12.7. The van der Waals surface area contributed by atoms with Crippen LogP contribution >= 0.6 is 15.6 Å². The van der Waals surface area contributed by atoms with Crippen molar-refractivity contribution in [3.63, 3.8) is 0 Å². The zero-order valence-electron chi connectivity index (χ0n) is 25.6. The van der Waals surface area contributed by atoms with Crippen LogP contribution in [0.5, 0.6) is 0 Å². The van der Waals surface area contributed by atoms with Gasteiger partial charge < -0.3 is 59.0 Å². The van der Waals surface area contributed by atoms with Crippen molar-refractivity contribution < 1.29 is 56.6 Å². The molecular weight excluding hydrogens is 634 g/mol. The van der Waals surface area contributed by atoms with Crippen molar-refractivity contribution in [2.45, 2.75) is 64.0 Å². The second-order valence-electron chi connectivity index (χ2n) is 9.75. The number of carbonyl (C=O) groups is 4. The number of nitrogens with one attached hydrogen (secondary N) is 2. The predicted octanol–water partition coefficient (Wildman–Crippen LogP) is -2.52. The maximum atomic E-state index is 12.4. The van der Waals surface area contributed by atoms with Gasteiger partial charge in [0.25, 0.3) is 7.82 Å². The van der Waals surface area contributed by atoms with Crippen LogP contribution in [0.2, 0.25) is 12.6 Å². The van der Waals surface area contributed by atoms with Crippen molar-refractivity contribution in [3.05, 3.63) is 0 Å². The van der Waals surface area contributed by atoms with Gasteiger partial charge in [-0.15, -0.1) is 0 Å². The van der Waals surface area contributed by atoms with E-state index in [1.165, 1.54) is 0 Å². The van der Waals surface area contributed by atoms with Crippen LogP contribution in [0.25, 0.3) is 0 Å². The number of phosphoric ester groups is 2. The standard InChI is InChI=1S/C24H47B2N5O12P2/c25-17-23(34)30(19-21(32)28-10-6-2-4-7-14-41-44(36,37)38)12-11-29-22(33)20-31(24(35)18-26)13-16-43-45(39,40)42-15-8-3-1-5-9-27/h1-20,27H2,(H,28,32)(H,29,33)(H,39,40)(H2,36,37,38)/p-3. The Morgan fingerprint density at radius 2 is 1.11 bits per heavy atom. The lowest BCUT2D eigenvalue weighted by molar-refractivity contribution is -0.341. The molecule has 0 bridgehead atoms. The van der Waals surface area contributed by atoms with E-state index in [1.807, 2.05) is 0 Å². The number of unbranched alkanes of at least 4 members (excludes halogenated alkanes) is 6. The van der Waals surface area contributed by atoms with Crippen LogP contribution in [0.1, 0.15) is 51.4 Å². The van der Waals surface area contributed by atoms with E-state index in [0.717, 1.165) is 29.1 Å². The number of nitrogens with two attached hydrogens (primary N) is 1. The minimum atomic E-state index is -4.98. The lowest BCUT2D eigenvalue weighted by Crippen LogP contribution is -2.46. The Morgan fingerprint density at radius 1 is 0.644 bits per heavy atom. The first-order chi connectivity index (χ1) is 21.2. The molecule has 17 nitrogen and oxygen atoms in total. The number of rotatable bonds is 28. The summed E-state index contributed by atoms with van der Waals surface area (Å²) in [6.45, 7) is -1.04. The Morgan fingerprint density at radius 3 is 1.64 bits per heavy atom. The van der Waals surface area contributed by atoms with Gasteiger partial charge in [0.05, 0.1) is 56.4 Å². The molecular formula is C24H44B2N5O12P2-3. The van der Waals surface area contributed by atoms with E-state index in [-0.39, 0.29) is 45.7 Å². The van der Waals surface area contributed by atoms with E-state index < -0.39 is 58.7 Å². The van der Waals surface area contributed by atoms with Gasteiger partial charge in [-0.3, -0.25) is 23.7 Å². The topological polar surface area (TPSA) is 256 Å². The Labute approximate surface area is 267 Å². The summed E-state index contributed by atoms with van der Waals surface area (Å²) in [5.74, 6) is -2.25. The minimum absolute atomic E-state index is 0.0523. The van der Waals surface area contributed by atoms with Gasteiger partial charge in [0.1, 0.15) is 0 Å². The molecule has 0 rings (SSSR count). The predicted molar refractivity (Wildman–Crippen MR) is 159 cm³/mol. The van der Waals surface area contributed by atoms with E-state index in [9.17, 15) is 43.0 Å². The molecule has 0 aliphatic heterocycles. The van der Waals surface area contributed by atoms with Gasteiger partial charge in [-0.1, -0.05) is 25.7 Å². The molecule has 0 spiro atoms. The largest absolute Gasteiger partial charge is 0.790 e. The van der Waals surface area contributed by atoms with Crippen molar-refractivity contribution in [2.24, 2.45) is 5.73 Å². The number of phosphoric acid groups is 2. The van der Waals surface area contributed by atoms with Crippen molar-refractivity contribution in [1.29, 1.82) is 0 Å². The fourth-order valence-electron chi connectivity index (χ4n) is 3.69. The van der Waals surface area contributed by atoms with E-state index >= 15 is 0 Å². The van der Waals surface area contributed by atoms with Crippen molar-refractivity contribution in [1.82, 2.24) is 20.4 Å². The molecule has 4 radical (unpaired) electrons. The molecule has 0 aromatic rings. The third-order valence-electron chi connectivity index (χ3n) is 6.03. The van der Waals surface area contributed by atoms with Crippen LogP contribution in [-0.2, 0) is 41.9 Å². The third kappa shape index (κ3) is 25.0. The first-order valence-electron chi connectivity index (χ1n) is 14.7. The quantitative estimate of drug-likeness (QED) is 0.0439. The van der Waals surface area contributed by atoms with E-state index in [2.05, 4.69) is 15.2 Å². The molecule has 0 aromatic carbocycles. The average molecular weight is 678 g/mol. The number of nitrogens with zero attached hydrogens (tertiary/aromatic N) is 2. The van der Waals surface area contributed by atoms with Crippen LogP contribution in [-0.4, -0.2) is 115 Å². The molecule has 0 heterocycles. The van der Waals surface area contributed by atoms with Crippen LogP contribution in [0, 0.1) is 0 Å². The molecule has 0 aliphatic rings. The summed E-state index contributed by atoms with van der Waals surface area (Å²) in [5, 5.41) is 5.16. The average Bonchev–Trinajstić information content (AvgIpc) is 2.97. The first kappa shape index (κ1) is 43.2. The van der Waals surface area contributed by atoms with Crippen LogP contribution in [0.4, 0.5) is 0 Å². The molecule has 1 atom stereocenters. The third-order valence-corrected chi connectivity index (χ3v) is 7.53. The van der Waals surface area contributed by atoms with E-state index in [1.54, 1.807) is 0 Å². The highest BCUT2D eigenvalue weighted by molar-refractivity contribution is 7.45. The van der Waals surface area contributed by atoms with Crippen molar-refractivity contribution in [3.8, 4) is 0 Å².